The average molecular weight is 363 g/mol. The van der Waals surface area contributed by atoms with Crippen LogP contribution in [-0.2, 0) is 10.0 Å². The van der Waals surface area contributed by atoms with Gasteiger partial charge in [-0.2, -0.15) is 0 Å². The molecule has 0 atom stereocenters. The molecule has 0 amide bonds. The van der Waals surface area contributed by atoms with Crippen molar-refractivity contribution >= 4 is 26.7 Å². The minimum atomic E-state index is -3.84. The van der Waals surface area contributed by atoms with Crippen molar-refractivity contribution < 1.29 is 17.9 Å². The molecule has 1 heterocycles. The van der Waals surface area contributed by atoms with Crippen molar-refractivity contribution in [2.75, 3.05) is 18.9 Å². The third-order valence-electron chi connectivity index (χ3n) is 3.77. The maximum Gasteiger partial charge on any atom is 0.323 e. The number of nitrogens with one attached hydrogen (secondary N) is 3. The molecule has 0 saturated heterocycles. The van der Waals surface area contributed by atoms with Crippen molar-refractivity contribution in [2.45, 2.75) is 11.8 Å². The number of hydrogen-bond acceptors (Lipinski definition) is 5. The summed E-state index contributed by atoms with van der Waals surface area (Å²) in [5.41, 5.74) is 1.61. The van der Waals surface area contributed by atoms with Gasteiger partial charge in [0.15, 0.2) is 11.5 Å². The van der Waals surface area contributed by atoms with E-state index in [1.807, 2.05) is 0 Å². The van der Waals surface area contributed by atoms with Gasteiger partial charge in [-0.3, -0.25) is 4.72 Å². The van der Waals surface area contributed by atoms with Crippen LogP contribution in [0.1, 0.15) is 5.56 Å². The number of fused-ring (bicyclic) bond motifs is 1. The zero-order valence-corrected chi connectivity index (χ0v) is 14.7. The summed E-state index contributed by atoms with van der Waals surface area (Å²) < 4.78 is 38.3. The molecule has 0 radical (unpaired) electrons. The summed E-state index contributed by atoms with van der Waals surface area (Å²) in [4.78, 5) is 16.5. The number of ether oxygens (including phenoxy) is 2. The Labute approximate surface area is 143 Å². The van der Waals surface area contributed by atoms with Crippen molar-refractivity contribution in [2.24, 2.45) is 0 Å². The average Bonchev–Trinajstić information content (AvgIpc) is 2.95. The van der Waals surface area contributed by atoms with Crippen molar-refractivity contribution in [3.63, 3.8) is 0 Å². The summed E-state index contributed by atoms with van der Waals surface area (Å²) in [5.74, 6) is 0.922. The highest BCUT2D eigenvalue weighted by Crippen LogP contribution is 2.34. The standard InChI is InChI=1S/C16H17N3O5S/c1-9-6-14(23-2)15(24-3)8-12(9)19-25(21,22)10-4-5-11-13(7-10)18-16(20)17-11/h4-8,19H,1-3H3,(H2,17,18,20). The fraction of sp³-hybridized carbons (Fsp3) is 0.188. The number of methoxy groups -OCH3 is 2. The van der Waals surface area contributed by atoms with Gasteiger partial charge in [-0.05, 0) is 36.8 Å². The Kier molecular flexibility index (Phi) is 4.17. The summed E-state index contributed by atoms with van der Waals surface area (Å²) in [6.45, 7) is 1.76. The van der Waals surface area contributed by atoms with E-state index >= 15 is 0 Å². The first-order valence-corrected chi connectivity index (χ1v) is 8.80. The monoisotopic (exact) mass is 363 g/mol. The molecule has 2 aromatic carbocycles. The van der Waals surface area contributed by atoms with E-state index in [-0.39, 0.29) is 4.90 Å². The smallest absolute Gasteiger partial charge is 0.323 e. The zero-order valence-electron chi connectivity index (χ0n) is 13.8. The number of benzene rings is 2. The molecule has 0 aliphatic carbocycles. The highest BCUT2D eigenvalue weighted by molar-refractivity contribution is 7.92. The topological polar surface area (TPSA) is 113 Å². The number of aromatic amines is 2. The number of H-pyrrole nitrogens is 2. The number of aromatic nitrogens is 2. The first-order chi connectivity index (χ1) is 11.8. The SMILES string of the molecule is COc1cc(C)c(NS(=O)(=O)c2ccc3[nH]c(=O)[nH]c3c2)cc1OC. The molecule has 0 fully saturated rings. The maximum atomic E-state index is 12.7. The van der Waals surface area contributed by atoms with E-state index in [0.29, 0.717) is 33.8 Å². The zero-order chi connectivity index (χ0) is 18.2. The number of rotatable bonds is 5. The van der Waals surface area contributed by atoms with Gasteiger partial charge in [0.1, 0.15) is 0 Å². The molecule has 3 N–H and O–H groups in total. The molecule has 3 rings (SSSR count). The van der Waals surface area contributed by atoms with Crippen molar-refractivity contribution in [3.05, 3.63) is 46.4 Å². The van der Waals surface area contributed by atoms with Crippen LogP contribution in [0.15, 0.2) is 40.0 Å². The predicted molar refractivity (Wildman–Crippen MR) is 94.0 cm³/mol. The van der Waals surface area contributed by atoms with Crippen LogP contribution < -0.4 is 19.9 Å². The van der Waals surface area contributed by atoms with Gasteiger partial charge in [-0.1, -0.05) is 0 Å². The first kappa shape index (κ1) is 16.9. The number of hydrogen-bond donors (Lipinski definition) is 3. The summed E-state index contributed by atoms with van der Waals surface area (Å²) in [5, 5.41) is 0. The molecule has 9 heteroatoms. The van der Waals surface area contributed by atoms with E-state index in [1.54, 1.807) is 19.1 Å². The predicted octanol–water partition coefficient (Wildman–Crippen LogP) is 1.98. The molecule has 0 spiro atoms. The second-order valence-electron chi connectivity index (χ2n) is 5.41. The van der Waals surface area contributed by atoms with Crippen molar-refractivity contribution in [3.8, 4) is 11.5 Å². The van der Waals surface area contributed by atoms with Crippen LogP contribution in [0, 0.1) is 6.92 Å². The Morgan fingerprint density at radius 1 is 0.960 bits per heavy atom. The van der Waals surface area contributed by atoms with Gasteiger partial charge in [-0.25, -0.2) is 13.2 Å². The second-order valence-corrected chi connectivity index (χ2v) is 7.10. The highest BCUT2D eigenvalue weighted by atomic mass is 32.2. The lowest BCUT2D eigenvalue weighted by atomic mass is 10.2. The number of aryl methyl sites for hydroxylation is 1. The van der Waals surface area contributed by atoms with Crippen LogP contribution in [-0.4, -0.2) is 32.6 Å². The molecule has 0 saturated carbocycles. The Morgan fingerprint density at radius 2 is 1.60 bits per heavy atom. The highest BCUT2D eigenvalue weighted by Gasteiger charge is 2.18. The molecule has 1 aromatic heterocycles. The molecule has 0 bridgehead atoms. The quantitative estimate of drug-likeness (QED) is 0.641. The van der Waals surface area contributed by atoms with Crippen LogP contribution >= 0.6 is 0 Å². The van der Waals surface area contributed by atoms with Crippen molar-refractivity contribution in [1.29, 1.82) is 0 Å². The van der Waals surface area contributed by atoms with E-state index < -0.39 is 15.7 Å². The van der Waals surface area contributed by atoms with Crippen LogP contribution in [0.3, 0.4) is 0 Å². The fourth-order valence-electron chi connectivity index (χ4n) is 2.47. The van der Waals surface area contributed by atoms with E-state index in [9.17, 15) is 13.2 Å². The summed E-state index contributed by atoms with van der Waals surface area (Å²) in [6.07, 6.45) is 0. The Balaban J connectivity index is 2.01. The lowest BCUT2D eigenvalue weighted by molar-refractivity contribution is 0.355. The van der Waals surface area contributed by atoms with Crippen LogP contribution in [0.5, 0.6) is 11.5 Å². The van der Waals surface area contributed by atoms with E-state index in [0.717, 1.165) is 0 Å². The molecule has 0 aliphatic heterocycles. The summed E-state index contributed by atoms with van der Waals surface area (Å²) in [6, 6.07) is 7.59. The number of anilines is 1. The minimum absolute atomic E-state index is 0.0319. The van der Waals surface area contributed by atoms with E-state index in [4.69, 9.17) is 9.47 Å². The maximum absolute atomic E-state index is 12.7. The minimum Gasteiger partial charge on any atom is -0.493 e. The van der Waals surface area contributed by atoms with Gasteiger partial charge >= 0.3 is 5.69 Å². The third-order valence-corrected chi connectivity index (χ3v) is 5.14. The molecular formula is C16H17N3O5S. The molecule has 8 nitrogen and oxygen atoms in total. The van der Waals surface area contributed by atoms with Gasteiger partial charge in [0.2, 0.25) is 0 Å². The van der Waals surface area contributed by atoms with Gasteiger partial charge in [0.05, 0.1) is 35.8 Å². The molecule has 25 heavy (non-hydrogen) atoms. The fourth-order valence-corrected chi connectivity index (χ4v) is 3.62. The van der Waals surface area contributed by atoms with Gasteiger partial charge in [-0.15, -0.1) is 0 Å². The summed E-state index contributed by atoms with van der Waals surface area (Å²) in [7, 11) is -0.863. The molecular weight excluding hydrogens is 346 g/mol. The normalized spacial score (nSPS) is 11.5. The van der Waals surface area contributed by atoms with E-state index in [2.05, 4.69) is 14.7 Å². The third kappa shape index (κ3) is 3.18. The molecule has 132 valence electrons. The first-order valence-electron chi connectivity index (χ1n) is 7.31. The largest absolute Gasteiger partial charge is 0.493 e. The van der Waals surface area contributed by atoms with Gasteiger partial charge in [0, 0.05) is 6.07 Å². The Morgan fingerprint density at radius 3 is 2.28 bits per heavy atom. The summed E-state index contributed by atoms with van der Waals surface area (Å²) >= 11 is 0. The van der Waals surface area contributed by atoms with Gasteiger partial charge < -0.3 is 19.4 Å². The van der Waals surface area contributed by atoms with Crippen LogP contribution in [0.4, 0.5) is 5.69 Å². The lowest BCUT2D eigenvalue weighted by Gasteiger charge is -2.14. The number of imidazole rings is 1. The molecule has 3 aromatic rings. The van der Waals surface area contributed by atoms with Crippen molar-refractivity contribution in [1.82, 2.24) is 9.97 Å². The number of sulfonamides is 1. The molecule has 0 unspecified atom stereocenters. The lowest BCUT2D eigenvalue weighted by Crippen LogP contribution is -2.14. The van der Waals surface area contributed by atoms with Gasteiger partial charge in [0.25, 0.3) is 10.0 Å². The van der Waals surface area contributed by atoms with Crippen LogP contribution in [0.2, 0.25) is 0 Å². The van der Waals surface area contributed by atoms with E-state index in [1.165, 1.54) is 32.4 Å². The molecule has 0 aliphatic rings. The Bertz CT molecular complexity index is 1100. The van der Waals surface area contributed by atoms with Crippen LogP contribution in [0.25, 0.3) is 11.0 Å². The Hall–Kier alpha value is -2.94. The second kappa shape index (κ2) is 6.17.